The molecule has 0 fully saturated rings. The number of ether oxygens (including phenoxy) is 1. The summed E-state index contributed by atoms with van der Waals surface area (Å²) in [6, 6.07) is 4.74. The second-order valence-corrected chi connectivity index (χ2v) is 4.34. The molecule has 112 valence electrons. The molecule has 21 heavy (non-hydrogen) atoms. The van der Waals surface area contributed by atoms with E-state index < -0.39 is 4.92 Å². The number of benzene rings is 1. The lowest BCUT2D eigenvalue weighted by molar-refractivity contribution is -0.386. The Labute approximate surface area is 121 Å². The molecule has 0 aliphatic rings. The molecule has 8 heteroatoms. The van der Waals surface area contributed by atoms with Crippen molar-refractivity contribution in [2.24, 2.45) is 0 Å². The van der Waals surface area contributed by atoms with Crippen LogP contribution in [0.5, 0.6) is 5.75 Å². The number of aryl methyl sites for hydroxylation is 1. The molecular formula is C13H16N4O4. The quantitative estimate of drug-likeness (QED) is 0.613. The molecular weight excluding hydrogens is 276 g/mol. The van der Waals surface area contributed by atoms with Gasteiger partial charge in [0.1, 0.15) is 0 Å². The van der Waals surface area contributed by atoms with Gasteiger partial charge in [0, 0.05) is 19.0 Å². The van der Waals surface area contributed by atoms with Crippen LogP contribution < -0.4 is 10.1 Å². The number of aromatic nitrogens is 2. The van der Waals surface area contributed by atoms with Gasteiger partial charge in [-0.2, -0.15) is 4.98 Å². The van der Waals surface area contributed by atoms with Crippen molar-refractivity contribution in [2.45, 2.75) is 26.5 Å². The van der Waals surface area contributed by atoms with E-state index in [9.17, 15) is 10.1 Å². The molecule has 0 aliphatic carbocycles. The lowest BCUT2D eigenvalue weighted by atomic mass is 10.2. The second kappa shape index (κ2) is 6.80. The van der Waals surface area contributed by atoms with E-state index in [2.05, 4.69) is 15.5 Å². The standard InChI is InChI=1S/C13H16N4O4/c1-3-12-15-13(21-16-12)8-20-11-6-9(7-14-2)4-5-10(11)17(18)19/h4-6,14H,3,7-8H2,1-2H3. The van der Waals surface area contributed by atoms with E-state index in [1.807, 2.05) is 6.92 Å². The van der Waals surface area contributed by atoms with Gasteiger partial charge in [-0.25, -0.2) is 0 Å². The van der Waals surface area contributed by atoms with Gasteiger partial charge in [0.2, 0.25) is 0 Å². The van der Waals surface area contributed by atoms with Crippen molar-refractivity contribution in [2.75, 3.05) is 7.05 Å². The van der Waals surface area contributed by atoms with Crippen molar-refractivity contribution in [1.29, 1.82) is 0 Å². The molecule has 0 unspecified atom stereocenters. The van der Waals surface area contributed by atoms with E-state index in [1.165, 1.54) is 6.07 Å². The molecule has 0 amide bonds. The Kier molecular flexibility index (Phi) is 4.83. The van der Waals surface area contributed by atoms with Crippen molar-refractivity contribution in [1.82, 2.24) is 15.5 Å². The Balaban J connectivity index is 2.16. The minimum Gasteiger partial charge on any atom is -0.477 e. The first-order valence-corrected chi connectivity index (χ1v) is 6.50. The van der Waals surface area contributed by atoms with Crippen LogP contribution >= 0.6 is 0 Å². The normalized spacial score (nSPS) is 10.6. The molecule has 8 nitrogen and oxygen atoms in total. The smallest absolute Gasteiger partial charge is 0.310 e. The van der Waals surface area contributed by atoms with Gasteiger partial charge in [-0.1, -0.05) is 18.1 Å². The molecule has 0 aliphatic heterocycles. The molecule has 0 bridgehead atoms. The predicted molar refractivity (Wildman–Crippen MR) is 73.9 cm³/mol. The summed E-state index contributed by atoms with van der Waals surface area (Å²) in [4.78, 5) is 14.6. The first-order chi connectivity index (χ1) is 10.1. The second-order valence-electron chi connectivity index (χ2n) is 4.34. The Morgan fingerprint density at radius 2 is 2.29 bits per heavy atom. The van der Waals surface area contributed by atoms with Gasteiger partial charge in [0.25, 0.3) is 5.89 Å². The van der Waals surface area contributed by atoms with Gasteiger partial charge in [0.15, 0.2) is 18.2 Å². The Hall–Kier alpha value is -2.48. The minimum absolute atomic E-state index is 0.00313. The first-order valence-electron chi connectivity index (χ1n) is 6.50. The third kappa shape index (κ3) is 3.76. The van der Waals surface area contributed by atoms with E-state index in [-0.39, 0.29) is 18.0 Å². The van der Waals surface area contributed by atoms with Gasteiger partial charge in [-0.05, 0) is 18.7 Å². The van der Waals surface area contributed by atoms with Gasteiger partial charge in [0.05, 0.1) is 4.92 Å². The maximum absolute atomic E-state index is 11.0. The lowest BCUT2D eigenvalue weighted by Crippen LogP contribution is -2.06. The number of nitro benzene ring substituents is 1. The van der Waals surface area contributed by atoms with Crippen LogP contribution in [0.1, 0.15) is 24.2 Å². The largest absolute Gasteiger partial charge is 0.477 e. The van der Waals surface area contributed by atoms with Crippen LogP contribution in [0.4, 0.5) is 5.69 Å². The zero-order valence-electron chi connectivity index (χ0n) is 11.8. The number of nitro groups is 1. The molecule has 1 aromatic carbocycles. The summed E-state index contributed by atoms with van der Waals surface area (Å²) in [5, 5.41) is 17.7. The summed E-state index contributed by atoms with van der Waals surface area (Å²) in [6.45, 7) is 2.49. The summed E-state index contributed by atoms with van der Waals surface area (Å²) in [7, 11) is 1.80. The molecule has 0 saturated carbocycles. The van der Waals surface area contributed by atoms with E-state index in [4.69, 9.17) is 9.26 Å². The summed E-state index contributed by atoms with van der Waals surface area (Å²) in [5.74, 6) is 1.05. The number of nitrogens with zero attached hydrogens (tertiary/aromatic N) is 3. The molecule has 1 aromatic heterocycles. The molecule has 0 saturated heterocycles. The van der Waals surface area contributed by atoms with E-state index in [0.29, 0.717) is 24.7 Å². The Morgan fingerprint density at radius 3 is 2.90 bits per heavy atom. The molecule has 0 atom stereocenters. The van der Waals surface area contributed by atoms with Crippen LogP contribution in [0, 0.1) is 10.1 Å². The molecule has 1 heterocycles. The van der Waals surface area contributed by atoms with Gasteiger partial charge in [-0.15, -0.1) is 0 Å². The topological polar surface area (TPSA) is 103 Å². The van der Waals surface area contributed by atoms with Gasteiger partial charge >= 0.3 is 5.69 Å². The van der Waals surface area contributed by atoms with Gasteiger partial charge in [-0.3, -0.25) is 10.1 Å². The third-order valence-electron chi connectivity index (χ3n) is 2.78. The molecule has 0 spiro atoms. The van der Waals surface area contributed by atoms with Crippen LogP contribution in [0.25, 0.3) is 0 Å². The Bertz CT molecular complexity index is 626. The fourth-order valence-electron chi connectivity index (χ4n) is 1.77. The van der Waals surface area contributed by atoms with Gasteiger partial charge < -0.3 is 14.6 Å². The van der Waals surface area contributed by atoms with Crippen molar-refractivity contribution < 1.29 is 14.2 Å². The zero-order chi connectivity index (χ0) is 15.2. The molecule has 2 rings (SSSR count). The predicted octanol–water partition coefficient (Wildman–Crippen LogP) is 1.84. The summed E-state index contributed by atoms with van der Waals surface area (Å²) in [6.07, 6.45) is 0.654. The minimum atomic E-state index is -0.482. The highest BCUT2D eigenvalue weighted by molar-refractivity contribution is 5.48. The van der Waals surface area contributed by atoms with Crippen LogP contribution in [0.2, 0.25) is 0 Å². The number of hydrogen-bond donors (Lipinski definition) is 1. The summed E-state index contributed by atoms with van der Waals surface area (Å²) >= 11 is 0. The van der Waals surface area contributed by atoms with Crippen LogP contribution in [0.3, 0.4) is 0 Å². The SMILES string of the molecule is CCc1noc(COc2cc(CNC)ccc2[N+](=O)[O-])n1. The lowest BCUT2D eigenvalue weighted by Gasteiger charge is -2.07. The van der Waals surface area contributed by atoms with Crippen LogP contribution in [0.15, 0.2) is 22.7 Å². The molecule has 1 N–H and O–H groups in total. The average Bonchev–Trinajstić information content (AvgIpc) is 2.93. The number of rotatable bonds is 7. The maximum Gasteiger partial charge on any atom is 0.310 e. The molecule has 0 radical (unpaired) electrons. The van der Waals surface area contributed by atoms with E-state index in [1.54, 1.807) is 19.2 Å². The maximum atomic E-state index is 11.0. The first kappa shape index (κ1) is 14.9. The van der Waals surface area contributed by atoms with Crippen LogP contribution in [-0.4, -0.2) is 22.1 Å². The Morgan fingerprint density at radius 1 is 1.48 bits per heavy atom. The number of hydrogen-bond acceptors (Lipinski definition) is 7. The van der Waals surface area contributed by atoms with Crippen LogP contribution in [-0.2, 0) is 19.6 Å². The monoisotopic (exact) mass is 292 g/mol. The highest BCUT2D eigenvalue weighted by atomic mass is 16.6. The van der Waals surface area contributed by atoms with Crippen molar-refractivity contribution in [3.63, 3.8) is 0 Å². The highest BCUT2D eigenvalue weighted by Gasteiger charge is 2.17. The number of nitrogens with one attached hydrogen (secondary N) is 1. The van der Waals surface area contributed by atoms with E-state index >= 15 is 0 Å². The third-order valence-corrected chi connectivity index (χ3v) is 2.78. The zero-order valence-corrected chi connectivity index (χ0v) is 11.8. The summed E-state index contributed by atoms with van der Waals surface area (Å²) < 4.78 is 10.5. The summed E-state index contributed by atoms with van der Waals surface area (Å²) in [5.41, 5.74) is 0.794. The van der Waals surface area contributed by atoms with E-state index in [0.717, 1.165) is 5.56 Å². The fourth-order valence-corrected chi connectivity index (χ4v) is 1.77. The van der Waals surface area contributed by atoms with Crippen molar-refractivity contribution >= 4 is 5.69 Å². The van der Waals surface area contributed by atoms with Crippen molar-refractivity contribution in [3.8, 4) is 5.75 Å². The fraction of sp³-hybridized carbons (Fsp3) is 0.385. The highest BCUT2D eigenvalue weighted by Crippen LogP contribution is 2.28. The average molecular weight is 292 g/mol. The molecule has 2 aromatic rings. The van der Waals surface area contributed by atoms with Crippen molar-refractivity contribution in [3.05, 3.63) is 45.6 Å².